The van der Waals surface area contributed by atoms with E-state index < -0.39 is 0 Å². The number of furan rings is 1. The fraction of sp³-hybridized carbons (Fsp3) is 0.381. The van der Waals surface area contributed by atoms with Gasteiger partial charge in [0.25, 0.3) is 0 Å². The summed E-state index contributed by atoms with van der Waals surface area (Å²) in [6.07, 6.45) is 2.56. The van der Waals surface area contributed by atoms with Crippen molar-refractivity contribution in [3.8, 4) is 0 Å². The van der Waals surface area contributed by atoms with Gasteiger partial charge in [0.05, 0.1) is 39.2 Å². The van der Waals surface area contributed by atoms with Crippen LogP contribution in [0.1, 0.15) is 36.5 Å². The number of thioether (sulfide) groups is 1. The number of quaternary nitrogens is 1. The highest BCUT2D eigenvalue weighted by Gasteiger charge is 2.25. The molecular formula is C21H28N5O2S+. The Balaban J connectivity index is 1.72. The fourth-order valence-corrected chi connectivity index (χ4v) is 3.98. The smallest absolute Gasteiger partial charge is 0.230 e. The first-order valence-electron chi connectivity index (χ1n) is 9.77. The predicted octanol–water partition coefficient (Wildman–Crippen LogP) is 1.92. The van der Waals surface area contributed by atoms with Crippen LogP contribution in [-0.4, -0.2) is 40.5 Å². The first kappa shape index (κ1) is 21.1. The predicted molar refractivity (Wildman–Crippen MR) is 113 cm³/mol. The molecule has 2 aromatic heterocycles. The lowest BCUT2D eigenvalue weighted by Crippen LogP contribution is -3.06. The average Bonchev–Trinajstić information content (AvgIpc) is 3.37. The number of benzene rings is 1. The molecule has 1 amide bonds. The Morgan fingerprint density at radius 1 is 1.21 bits per heavy atom. The van der Waals surface area contributed by atoms with E-state index in [0.717, 1.165) is 23.2 Å². The van der Waals surface area contributed by atoms with E-state index in [4.69, 9.17) is 4.42 Å². The number of nitrogens with one attached hydrogen (secondary N) is 2. The molecule has 0 spiro atoms. The van der Waals surface area contributed by atoms with Crippen molar-refractivity contribution in [2.75, 3.05) is 19.8 Å². The second-order valence-electron chi connectivity index (χ2n) is 7.10. The maximum absolute atomic E-state index is 12.3. The molecule has 154 valence electrons. The molecular weight excluding hydrogens is 386 g/mol. The molecule has 0 unspecified atom stereocenters. The van der Waals surface area contributed by atoms with Crippen LogP contribution in [0.15, 0.2) is 58.3 Å². The molecule has 1 aromatic carbocycles. The minimum atomic E-state index is -0.0625. The lowest BCUT2D eigenvalue weighted by molar-refractivity contribution is -0.893. The van der Waals surface area contributed by atoms with Gasteiger partial charge in [0.2, 0.25) is 5.91 Å². The van der Waals surface area contributed by atoms with Crippen LogP contribution in [0.5, 0.6) is 0 Å². The van der Waals surface area contributed by atoms with Crippen LogP contribution in [0, 0.1) is 0 Å². The second-order valence-corrected chi connectivity index (χ2v) is 8.04. The quantitative estimate of drug-likeness (QED) is 0.496. The third-order valence-corrected chi connectivity index (χ3v) is 5.68. The summed E-state index contributed by atoms with van der Waals surface area (Å²) in [7, 11) is 4.26. The lowest BCUT2D eigenvalue weighted by atomic mass is 10.2. The minimum Gasteiger partial charge on any atom is -0.467 e. The Kier molecular flexibility index (Phi) is 7.48. The molecule has 7 nitrogen and oxygen atoms in total. The summed E-state index contributed by atoms with van der Waals surface area (Å²) in [5.74, 6) is 1.90. The summed E-state index contributed by atoms with van der Waals surface area (Å²) in [5, 5.41) is 12.5. The van der Waals surface area contributed by atoms with Gasteiger partial charge in [0.15, 0.2) is 11.0 Å². The van der Waals surface area contributed by atoms with Crippen molar-refractivity contribution in [1.82, 2.24) is 20.1 Å². The standard InChI is InChI=1S/C21H27N5O2S/c1-4-18(25(2)3)20-23-24-21(26(20)14-16-9-6-5-7-10-16)29-15-19(27)22-13-17-11-8-12-28-17/h5-12,18H,4,13-15H2,1-3H3,(H,22,27)/p+1/t18-/m1/s1. The third kappa shape index (κ3) is 5.71. The van der Waals surface area contributed by atoms with Gasteiger partial charge in [-0.3, -0.25) is 9.36 Å². The summed E-state index contributed by atoms with van der Waals surface area (Å²) < 4.78 is 7.39. The molecule has 2 N–H and O–H groups in total. The van der Waals surface area contributed by atoms with E-state index in [1.807, 2.05) is 24.3 Å². The highest BCUT2D eigenvalue weighted by atomic mass is 32.2. The Labute approximate surface area is 175 Å². The number of amides is 1. The summed E-state index contributed by atoms with van der Waals surface area (Å²) in [5.41, 5.74) is 1.18. The molecule has 0 radical (unpaired) electrons. The van der Waals surface area contributed by atoms with Crippen molar-refractivity contribution in [3.63, 3.8) is 0 Å². The van der Waals surface area contributed by atoms with Gasteiger partial charge in [0, 0.05) is 6.42 Å². The van der Waals surface area contributed by atoms with Crippen molar-refractivity contribution in [1.29, 1.82) is 0 Å². The summed E-state index contributed by atoms with van der Waals surface area (Å²) >= 11 is 1.41. The SMILES string of the molecule is CC[C@H](c1nnc(SCC(=O)NCc2ccco2)n1Cc1ccccc1)[NH+](C)C. The Morgan fingerprint density at radius 3 is 2.66 bits per heavy atom. The molecule has 3 rings (SSSR count). The number of rotatable bonds is 10. The fourth-order valence-electron chi connectivity index (χ4n) is 3.21. The molecule has 0 saturated heterocycles. The van der Waals surface area contributed by atoms with Crippen molar-refractivity contribution >= 4 is 17.7 Å². The first-order chi connectivity index (χ1) is 14.1. The van der Waals surface area contributed by atoms with Gasteiger partial charge in [-0.2, -0.15) is 0 Å². The van der Waals surface area contributed by atoms with E-state index in [0.29, 0.717) is 13.1 Å². The zero-order chi connectivity index (χ0) is 20.6. The van der Waals surface area contributed by atoms with Crippen LogP contribution >= 0.6 is 11.8 Å². The van der Waals surface area contributed by atoms with E-state index in [-0.39, 0.29) is 17.7 Å². The van der Waals surface area contributed by atoms with Gasteiger partial charge in [-0.25, -0.2) is 0 Å². The van der Waals surface area contributed by atoms with Gasteiger partial charge in [-0.05, 0) is 17.7 Å². The van der Waals surface area contributed by atoms with Crippen LogP contribution in [-0.2, 0) is 17.9 Å². The largest absolute Gasteiger partial charge is 0.467 e. The Bertz CT molecular complexity index is 893. The van der Waals surface area contributed by atoms with Gasteiger partial charge in [-0.1, -0.05) is 49.0 Å². The average molecular weight is 415 g/mol. The van der Waals surface area contributed by atoms with Gasteiger partial charge < -0.3 is 14.6 Å². The number of hydrogen-bond donors (Lipinski definition) is 2. The monoisotopic (exact) mass is 414 g/mol. The van der Waals surface area contributed by atoms with Crippen LogP contribution in [0.3, 0.4) is 0 Å². The molecule has 0 fully saturated rings. The van der Waals surface area contributed by atoms with Gasteiger partial charge >= 0.3 is 0 Å². The molecule has 0 saturated carbocycles. The number of carbonyl (C=O) groups is 1. The third-order valence-electron chi connectivity index (χ3n) is 4.72. The van der Waals surface area contributed by atoms with Gasteiger partial charge in [-0.15, -0.1) is 10.2 Å². The Hall–Kier alpha value is -2.58. The van der Waals surface area contributed by atoms with Crippen LogP contribution in [0.2, 0.25) is 0 Å². The Morgan fingerprint density at radius 2 is 2.00 bits per heavy atom. The van der Waals surface area contributed by atoms with Crippen LogP contribution in [0.4, 0.5) is 0 Å². The maximum atomic E-state index is 12.3. The number of aromatic nitrogens is 3. The summed E-state index contributed by atoms with van der Waals surface area (Å²) in [6, 6.07) is 14.1. The molecule has 2 heterocycles. The van der Waals surface area contributed by atoms with Crippen molar-refractivity contribution in [2.45, 2.75) is 37.6 Å². The molecule has 0 bridgehead atoms. The van der Waals surface area contributed by atoms with E-state index >= 15 is 0 Å². The van der Waals surface area contributed by atoms with Crippen molar-refractivity contribution in [3.05, 3.63) is 65.9 Å². The second kappa shape index (κ2) is 10.3. The molecule has 29 heavy (non-hydrogen) atoms. The van der Waals surface area contributed by atoms with E-state index in [9.17, 15) is 4.79 Å². The minimum absolute atomic E-state index is 0.0625. The van der Waals surface area contributed by atoms with Crippen LogP contribution < -0.4 is 10.2 Å². The molecule has 0 aliphatic heterocycles. The van der Waals surface area contributed by atoms with Crippen LogP contribution in [0.25, 0.3) is 0 Å². The van der Waals surface area contributed by atoms with E-state index in [2.05, 4.69) is 53.2 Å². The van der Waals surface area contributed by atoms with Crippen molar-refractivity contribution < 1.29 is 14.1 Å². The summed E-state index contributed by atoms with van der Waals surface area (Å²) in [4.78, 5) is 13.6. The number of nitrogens with zero attached hydrogens (tertiary/aromatic N) is 3. The van der Waals surface area contributed by atoms with E-state index in [1.54, 1.807) is 12.3 Å². The molecule has 8 heteroatoms. The highest BCUT2D eigenvalue weighted by Crippen LogP contribution is 2.22. The lowest BCUT2D eigenvalue weighted by Gasteiger charge is -2.20. The number of hydrogen-bond acceptors (Lipinski definition) is 5. The first-order valence-corrected chi connectivity index (χ1v) is 10.8. The topological polar surface area (TPSA) is 77.4 Å². The number of carbonyl (C=O) groups excluding carboxylic acids is 1. The molecule has 0 aliphatic carbocycles. The molecule has 3 aromatic rings. The van der Waals surface area contributed by atoms with E-state index in [1.165, 1.54) is 22.2 Å². The maximum Gasteiger partial charge on any atom is 0.230 e. The molecule has 1 atom stereocenters. The van der Waals surface area contributed by atoms with Crippen molar-refractivity contribution in [2.24, 2.45) is 0 Å². The zero-order valence-electron chi connectivity index (χ0n) is 17.1. The zero-order valence-corrected chi connectivity index (χ0v) is 17.9. The van der Waals surface area contributed by atoms with Gasteiger partial charge in [0.1, 0.15) is 11.8 Å². The highest BCUT2D eigenvalue weighted by molar-refractivity contribution is 7.99. The normalized spacial score (nSPS) is 12.3. The molecule has 0 aliphatic rings. The summed E-state index contributed by atoms with van der Waals surface area (Å²) in [6.45, 7) is 3.23.